The maximum absolute atomic E-state index is 5.73. The van der Waals surface area contributed by atoms with E-state index >= 15 is 0 Å². The largest absolute Gasteiger partial charge is 0.486 e. The molecule has 0 fully saturated rings. The Morgan fingerprint density at radius 1 is 1.32 bits per heavy atom. The fourth-order valence-corrected chi connectivity index (χ4v) is 2.16. The van der Waals surface area contributed by atoms with Crippen molar-refractivity contribution in [2.45, 2.75) is 13.5 Å². The third-order valence-electron chi connectivity index (χ3n) is 2.77. The Hall–Kier alpha value is -1.95. The van der Waals surface area contributed by atoms with E-state index in [2.05, 4.69) is 35.9 Å². The first-order valence-corrected chi connectivity index (χ1v) is 6.48. The number of ether oxygens (including phenoxy) is 1. The summed E-state index contributed by atoms with van der Waals surface area (Å²) < 4.78 is 11.2. The normalized spacial score (nSPS) is 10.8. The summed E-state index contributed by atoms with van der Waals surface area (Å²) >= 11 is 3.48. The number of aryl methyl sites for hydroxylation is 1. The molecule has 0 aliphatic carbocycles. The van der Waals surface area contributed by atoms with E-state index < -0.39 is 0 Å². The Labute approximate surface area is 117 Å². The third-order valence-corrected chi connectivity index (χ3v) is 3.39. The molecule has 3 rings (SSSR count). The first-order chi connectivity index (χ1) is 9.24. The lowest BCUT2D eigenvalue weighted by molar-refractivity contribution is 0.269. The summed E-state index contributed by atoms with van der Waals surface area (Å²) in [5.74, 6) is 0.739. The molecule has 6 heteroatoms. The number of hydrogen-bond donors (Lipinski definition) is 0. The van der Waals surface area contributed by atoms with Crippen LogP contribution in [0.3, 0.4) is 0 Å². The second kappa shape index (κ2) is 4.97. The highest BCUT2D eigenvalue weighted by Gasteiger charge is 2.09. The number of halogens is 1. The van der Waals surface area contributed by atoms with Gasteiger partial charge in [0.1, 0.15) is 23.7 Å². The summed E-state index contributed by atoms with van der Waals surface area (Å²) in [6.07, 6.45) is 1.76. The number of benzene rings is 1. The summed E-state index contributed by atoms with van der Waals surface area (Å²) in [6, 6.07) is 7.75. The lowest BCUT2D eigenvalue weighted by Crippen LogP contribution is -1.98. The van der Waals surface area contributed by atoms with Gasteiger partial charge in [-0.2, -0.15) is 0 Å². The second-order valence-electron chi connectivity index (χ2n) is 4.06. The van der Waals surface area contributed by atoms with Crippen LogP contribution in [0.1, 0.15) is 11.4 Å². The Morgan fingerprint density at radius 3 is 3.00 bits per heavy atom. The zero-order chi connectivity index (χ0) is 13.2. The van der Waals surface area contributed by atoms with Crippen LogP contribution in [0.25, 0.3) is 10.9 Å². The van der Waals surface area contributed by atoms with Crippen LogP contribution in [-0.4, -0.2) is 15.3 Å². The van der Waals surface area contributed by atoms with Gasteiger partial charge in [-0.15, -0.1) is 0 Å². The zero-order valence-electron chi connectivity index (χ0n) is 10.1. The Kier molecular flexibility index (Phi) is 3.16. The molecule has 0 spiro atoms. The molecule has 0 radical (unpaired) electrons. The van der Waals surface area contributed by atoms with E-state index in [4.69, 9.17) is 4.74 Å². The number of nitrogens with zero attached hydrogens (tertiary/aromatic N) is 3. The molecule has 0 aliphatic heterocycles. The van der Waals surface area contributed by atoms with Gasteiger partial charge in [-0.3, -0.25) is 4.98 Å². The third kappa shape index (κ3) is 2.44. The highest BCUT2D eigenvalue weighted by Crippen LogP contribution is 2.30. The van der Waals surface area contributed by atoms with Gasteiger partial charge in [0.2, 0.25) is 0 Å². The molecule has 0 bridgehead atoms. The molecule has 0 saturated heterocycles. The van der Waals surface area contributed by atoms with Crippen molar-refractivity contribution in [3.05, 3.63) is 46.3 Å². The summed E-state index contributed by atoms with van der Waals surface area (Å²) in [5, 5.41) is 8.52. The Morgan fingerprint density at radius 2 is 2.21 bits per heavy atom. The molecule has 1 aromatic carbocycles. The molecule has 0 amide bonds. The van der Waals surface area contributed by atoms with Crippen molar-refractivity contribution < 1.29 is 9.37 Å². The summed E-state index contributed by atoms with van der Waals surface area (Å²) in [4.78, 5) is 4.28. The molecular formula is C13H10BrN3O2. The van der Waals surface area contributed by atoms with Gasteiger partial charge >= 0.3 is 0 Å². The summed E-state index contributed by atoms with van der Waals surface area (Å²) in [6.45, 7) is 2.15. The molecule has 2 aromatic heterocycles. The first kappa shape index (κ1) is 12.1. The minimum Gasteiger partial charge on any atom is -0.486 e. The fraction of sp³-hybridized carbons (Fsp3) is 0.154. The number of hydrogen-bond acceptors (Lipinski definition) is 5. The van der Waals surface area contributed by atoms with Crippen LogP contribution in [0, 0.1) is 6.92 Å². The van der Waals surface area contributed by atoms with E-state index in [1.165, 1.54) is 0 Å². The number of rotatable bonds is 3. The van der Waals surface area contributed by atoms with E-state index in [1.807, 2.05) is 31.2 Å². The van der Waals surface area contributed by atoms with Gasteiger partial charge in [0.15, 0.2) is 0 Å². The monoisotopic (exact) mass is 319 g/mol. The maximum atomic E-state index is 5.73. The van der Waals surface area contributed by atoms with Crippen molar-refractivity contribution in [1.29, 1.82) is 0 Å². The predicted molar refractivity (Wildman–Crippen MR) is 72.8 cm³/mol. The van der Waals surface area contributed by atoms with E-state index in [1.54, 1.807) is 6.20 Å². The van der Waals surface area contributed by atoms with Gasteiger partial charge in [0.25, 0.3) is 0 Å². The molecule has 0 N–H and O–H groups in total. The molecule has 96 valence electrons. The van der Waals surface area contributed by atoms with E-state index in [0.29, 0.717) is 12.3 Å². The van der Waals surface area contributed by atoms with Crippen LogP contribution >= 0.6 is 15.9 Å². The molecule has 0 atom stereocenters. The maximum Gasteiger partial charge on any atom is 0.145 e. The average Bonchev–Trinajstić information content (AvgIpc) is 2.82. The molecule has 19 heavy (non-hydrogen) atoms. The predicted octanol–water partition coefficient (Wildman–Crippen LogP) is 3.27. The van der Waals surface area contributed by atoms with Crippen molar-refractivity contribution >= 4 is 26.8 Å². The Balaban J connectivity index is 1.88. The van der Waals surface area contributed by atoms with E-state index in [9.17, 15) is 0 Å². The Bertz CT molecular complexity index is 727. The summed E-state index contributed by atoms with van der Waals surface area (Å²) in [5.41, 5.74) is 2.35. The fourth-order valence-electron chi connectivity index (χ4n) is 1.71. The van der Waals surface area contributed by atoms with Crippen LogP contribution in [0.4, 0.5) is 0 Å². The van der Waals surface area contributed by atoms with Crippen LogP contribution in [0.2, 0.25) is 0 Å². The quantitative estimate of drug-likeness (QED) is 0.741. The van der Waals surface area contributed by atoms with Crippen LogP contribution in [0.15, 0.2) is 39.6 Å². The van der Waals surface area contributed by atoms with Crippen molar-refractivity contribution in [2.75, 3.05) is 0 Å². The van der Waals surface area contributed by atoms with Crippen LogP contribution in [-0.2, 0) is 6.61 Å². The SMILES string of the molecule is Cc1nonc1COc1cc2cccnc2cc1Br. The number of pyridine rings is 1. The summed E-state index contributed by atoms with van der Waals surface area (Å²) in [7, 11) is 0. The smallest absolute Gasteiger partial charge is 0.145 e. The van der Waals surface area contributed by atoms with Crippen molar-refractivity contribution in [3.63, 3.8) is 0 Å². The van der Waals surface area contributed by atoms with Gasteiger partial charge in [-0.25, -0.2) is 4.63 Å². The van der Waals surface area contributed by atoms with Gasteiger partial charge in [0, 0.05) is 11.6 Å². The lowest BCUT2D eigenvalue weighted by Gasteiger charge is -2.08. The molecule has 2 heterocycles. The van der Waals surface area contributed by atoms with Crippen LogP contribution < -0.4 is 4.74 Å². The highest BCUT2D eigenvalue weighted by molar-refractivity contribution is 9.10. The van der Waals surface area contributed by atoms with Gasteiger partial charge in [0.05, 0.1) is 9.99 Å². The first-order valence-electron chi connectivity index (χ1n) is 5.69. The molecule has 0 unspecified atom stereocenters. The zero-order valence-corrected chi connectivity index (χ0v) is 11.7. The van der Waals surface area contributed by atoms with Gasteiger partial charge in [-0.05, 0) is 41.1 Å². The topological polar surface area (TPSA) is 61.0 Å². The minimum absolute atomic E-state index is 0.319. The van der Waals surface area contributed by atoms with Crippen molar-refractivity contribution in [2.24, 2.45) is 0 Å². The standard InChI is InChI=1S/C13H10BrN3O2/c1-8-12(17-19-16-8)7-18-13-5-9-3-2-4-15-11(9)6-10(13)14/h2-6H,7H2,1H3. The second-order valence-corrected chi connectivity index (χ2v) is 4.92. The molecular weight excluding hydrogens is 310 g/mol. The molecule has 0 aliphatic rings. The average molecular weight is 320 g/mol. The minimum atomic E-state index is 0.319. The number of fused-ring (bicyclic) bond motifs is 1. The van der Waals surface area contributed by atoms with Gasteiger partial charge < -0.3 is 4.74 Å². The van der Waals surface area contributed by atoms with Crippen molar-refractivity contribution in [1.82, 2.24) is 15.3 Å². The number of aromatic nitrogens is 3. The molecule has 5 nitrogen and oxygen atoms in total. The highest BCUT2D eigenvalue weighted by atomic mass is 79.9. The van der Waals surface area contributed by atoms with Gasteiger partial charge in [-0.1, -0.05) is 16.4 Å². The molecule has 3 aromatic rings. The van der Waals surface area contributed by atoms with Crippen molar-refractivity contribution in [3.8, 4) is 5.75 Å². The van der Waals surface area contributed by atoms with E-state index in [0.717, 1.165) is 26.8 Å². The molecule has 0 saturated carbocycles. The lowest BCUT2D eigenvalue weighted by atomic mass is 10.2. The van der Waals surface area contributed by atoms with E-state index in [-0.39, 0.29) is 0 Å². The van der Waals surface area contributed by atoms with Crippen LogP contribution in [0.5, 0.6) is 5.75 Å².